The first-order valence-electron chi connectivity index (χ1n) is 8.51. The maximum Gasteiger partial charge on any atom is 0.303 e. The summed E-state index contributed by atoms with van der Waals surface area (Å²) >= 11 is 0. The average Bonchev–Trinajstić information content (AvgIpc) is 3.07. The molecule has 2 unspecified atom stereocenters. The van der Waals surface area contributed by atoms with Crippen LogP contribution in [0.1, 0.15) is 18.4 Å². The summed E-state index contributed by atoms with van der Waals surface area (Å²) in [5, 5.41) is 8.73. The standard InChI is InChI=1S/C18H22N2O6/c1-25-13-4-2-12(3-5-13)8-20-14-9-19(16(21)6-7-18(23)24)10-15(14)26-11-17(20)22/h2-5,14-15H,6-11H2,1H3,(H,23,24). The van der Waals surface area contributed by atoms with Crippen LogP contribution in [-0.4, -0.2) is 71.6 Å². The summed E-state index contributed by atoms with van der Waals surface area (Å²) in [6.45, 7) is 1.18. The van der Waals surface area contributed by atoms with E-state index in [1.807, 2.05) is 24.3 Å². The normalized spacial score (nSPS) is 22.3. The topological polar surface area (TPSA) is 96.4 Å². The largest absolute Gasteiger partial charge is 0.497 e. The molecule has 0 radical (unpaired) electrons. The second-order valence-corrected chi connectivity index (χ2v) is 6.48. The quantitative estimate of drug-likeness (QED) is 0.792. The van der Waals surface area contributed by atoms with Crippen LogP contribution >= 0.6 is 0 Å². The van der Waals surface area contributed by atoms with Crippen LogP contribution in [0.25, 0.3) is 0 Å². The average molecular weight is 362 g/mol. The second kappa shape index (κ2) is 7.74. The summed E-state index contributed by atoms with van der Waals surface area (Å²) in [6.07, 6.45) is -0.471. The SMILES string of the molecule is COc1ccc(CN2C(=O)COC3CN(C(=O)CCC(=O)O)CC32)cc1. The number of benzene rings is 1. The number of ether oxygens (including phenoxy) is 2. The van der Waals surface area contributed by atoms with Crippen molar-refractivity contribution in [3.8, 4) is 5.75 Å². The molecule has 0 aliphatic carbocycles. The van der Waals surface area contributed by atoms with E-state index in [9.17, 15) is 14.4 Å². The molecule has 140 valence electrons. The first-order chi connectivity index (χ1) is 12.5. The molecule has 0 aromatic heterocycles. The van der Waals surface area contributed by atoms with Crippen LogP contribution in [0.15, 0.2) is 24.3 Å². The molecular formula is C18H22N2O6. The Morgan fingerprint density at radius 2 is 1.96 bits per heavy atom. The molecule has 0 spiro atoms. The molecule has 2 atom stereocenters. The molecule has 2 fully saturated rings. The minimum Gasteiger partial charge on any atom is -0.497 e. The van der Waals surface area contributed by atoms with E-state index in [2.05, 4.69) is 0 Å². The Labute approximate surface area is 151 Å². The number of hydrogen-bond acceptors (Lipinski definition) is 5. The van der Waals surface area contributed by atoms with Crippen molar-refractivity contribution in [2.45, 2.75) is 31.5 Å². The van der Waals surface area contributed by atoms with E-state index in [0.29, 0.717) is 19.6 Å². The Balaban J connectivity index is 1.67. The molecule has 2 amide bonds. The van der Waals surface area contributed by atoms with Crippen molar-refractivity contribution in [2.24, 2.45) is 0 Å². The highest BCUT2D eigenvalue weighted by Gasteiger charge is 2.44. The van der Waals surface area contributed by atoms with Gasteiger partial charge in [-0.2, -0.15) is 0 Å². The van der Waals surface area contributed by atoms with E-state index in [0.717, 1.165) is 11.3 Å². The molecule has 8 nitrogen and oxygen atoms in total. The van der Waals surface area contributed by atoms with Gasteiger partial charge in [-0.3, -0.25) is 14.4 Å². The van der Waals surface area contributed by atoms with E-state index in [1.54, 1.807) is 16.9 Å². The molecule has 3 rings (SSSR count). The number of aliphatic carboxylic acids is 1. The van der Waals surface area contributed by atoms with Crippen molar-refractivity contribution in [3.63, 3.8) is 0 Å². The number of carbonyl (C=O) groups is 3. The van der Waals surface area contributed by atoms with Gasteiger partial charge in [0.15, 0.2) is 0 Å². The number of carboxylic acids is 1. The van der Waals surface area contributed by atoms with Crippen LogP contribution in [0.2, 0.25) is 0 Å². The Kier molecular flexibility index (Phi) is 5.41. The van der Waals surface area contributed by atoms with E-state index in [-0.39, 0.29) is 43.4 Å². The van der Waals surface area contributed by atoms with Crippen LogP contribution in [0, 0.1) is 0 Å². The van der Waals surface area contributed by atoms with Crippen molar-refractivity contribution in [2.75, 3.05) is 26.8 Å². The molecule has 0 saturated carbocycles. The molecule has 1 aromatic rings. The number of likely N-dealkylation sites (tertiary alicyclic amines) is 1. The molecule has 2 aliphatic rings. The summed E-state index contributed by atoms with van der Waals surface area (Å²) in [6, 6.07) is 7.28. The Morgan fingerprint density at radius 1 is 1.23 bits per heavy atom. The Morgan fingerprint density at radius 3 is 2.62 bits per heavy atom. The fourth-order valence-electron chi connectivity index (χ4n) is 3.37. The van der Waals surface area contributed by atoms with Crippen molar-refractivity contribution >= 4 is 17.8 Å². The number of morpholine rings is 1. The van der Waals surface area contributed by atoms with Gasteiger partial charge in [0.2, 0.25) is 11.8 Å². The number of hydrogen-bond donors (Lipinski definition) is 1. The monoisotopic (exact) mass is 362 g/mol. The molecule has 8 heteroatoms. The highest BCUT2D eigenvalue weighted by molar-refractivity contribution is 5.82. The number of amides is 2. The third-order valence-corrected chi connectivity index (χ3v) is 4.80. The summed E-state index contributed by atoms with van der Waals surface area (Å²) < 4.78 is 10.7. The van der Waals surface area contributed by atoms with Crippen LogP contribution in [0.5, 0.6) is 5.75 Å². The molecule has 2 heterocycles. The lowest BCUT2D eigenvalue weighted by molar-refractivity contribution is -0.153. The van der Waals surface area contributed by atoms with Gasteiger partial charge in [-0.15, -0.1) is 0 Å². The third kappa shape index (κ3) is 3.96. The van der Waals surface area contributed by atoms with Gasteiger partial charge in [0.05, 0.1) is 25.7 Å². The van der Waals surface area contributed by atoms with E-state index >= 15 is 0 Å². The van der Waals surface area contributed by atoms with Crippen LogP contribution in [-0.2, 0) is 25.7 Å². The first kappa shape index (κ1) is 18.2. The maximum absolute atomic E-state index is 12.4. The Bertz CT molecular complexity index is 689. The van der Waals surface area contributed by atoms with E-state index in [1.165, 1.54) is 0 Å². The van der Waals surface area contributed by atoms with Gasteiger partial charge >= 0.3 is 5.97 Å². The number of methoxy groups -OCH3 is 1. The lowest BCUT2D eigenvalue weighted by Crippen LogP contribution is -2.53. The predicted molar refractivity (Wildman–Crippen MR) is 90.5 cm³/mol. The van der Waals surface area contributed by atoms with Crippen molar-refractivity contribution in [3.05, 3.63) is 29.8 Å². The highest BCUT2D eigenvalue weighted by Crippen LogP contribution is 2.26. The zero-order valence-electron chi connectivity index (χ0n) is 14.6. The number of fused-ring (bicyclic) bond motifs is 1. The lowest BCUT2D eigenvalue weighted by Gasteiger charge is -2.36. The molecular weight excluding hydrogens is 340 g/mol. The minimum atomic E-state index is -0.998. The van der Waals surface area contributed by atoms with E-state index in [4.69, 9.17) is 14.6 Å². The lowest BCUT2D eigenvalue weighted by atomic mass is 10.1. The van der Waals surface area contributed by atoms with Gasteiger partial charge < -0.3 is 24.4 Å². The van der Waals surface area contributed by atoms with Gasteiger partial charge in [-0.25, -0.2) is 0 Å². The maximum atomic E-state index is 12.4. The van der Waals surface area contributed by atoms with Crippen molar-refractivity contribution in [1.82, 2.24) is 9.80 Å². The molecule has 1 aromatic carbocycles. The zero-order chi connectivity index (χ0) is 18.7. The number of rotatable bonds is 6. The van der Waals surface area contributed by atoms with Gasteiger partial charge in [0.1, 0.15) is 12.4 Å². The third-order valence-electron chi connectivity index (χ3n) is 4.80. The van der Waals surface area contributed by atoms with Crippen molar-refractivity contribution < 1.29 is 29.0 Å². The summed E-state index contributed by atoms with van der Waals surface area (Å²) in [5.74, 6) is -0.581. The molecule has 1 N–H and O–H groups in total. The zero-order valence-corrected chi connectivity index (χ0v) is 14.6. The summed E-state index contributed by atoms with van der Waals surface area (Å²) in [4.78, 5) is 38.6. The van der Waals surface area contributed by atoms with E-state index < -0.39 is 5.97 Å². The smallest absolute Gasteiger partial charge is 0.303 e. The van der Waals surface area contributed by atoms with Gasteiger partial charge in [0.25, 0.3) is 0 Å². The fourth-order valence-corrected chi connectivity index (χ4v) is 3.37. The molecule has 0 bridgehead atoms. The Hall–Kier alpha value is -2.61. The second-order valence-electron chi connectivity index (χ2n) is 6.48. The van der Waals surface area contributed by atoms with Crippen LogP contribution in [0.3, 0.4) is 0 Å². The first-order valence-corrected chi connectivity index (χ1v) is 8.51. The number of carboxylic acid groups (broad SMARTS) is 1. The highest BCUT2D eigenvalue weighted by atomic mass is 16.5. The number of carbonyl (C=O) groups excluding carboxylic acids is 2. The van der Waals surface area contributed by atoms with Gasteiger partial charge in [0, 0.05) is 26.1 Å². The summed E-state index contributed by atoms with van der Waals surface area (Å²) in [7, 11) is 1.60. The molecule has 2 saturated heterocycles. The molecule has 26 heavy (non-hydrogen) atoms. The number of nitrogens with zero attached hydrogens (tertiary/aromatic N) is 2. The van der Waals surface area contributed by atoms with Crippen LogP contribution < -0.4 is 4.74 Å². The predicted octanol–water partition coefficient (Wildman–Crippen LogP) is 0.498. The van der Waals surface area contributed by atoms with Gasteiger partial charge in [-0.1, -0.05) is 12.1 Å². The van der Waals surface area contributed by atoms with Gasteiger partial charge in [-0.05, 0) is 17.7 Å². The fraction of sp³-hybridized carbons (Fsp3) is 0.500. The van der Waals surface area contributed by atoms with Crippen molar-refractivity contribution in [1.29, 1.82) is 0 Å². The van der Waals surface area contributed by atoms with Crippen LogP contribution in [0.4, 0.5) is 0 Å². The minimum absolute atomic E-state index is 0.00548. The summed E-state index contributed by atoms with van der Waals surface area (Å²) in [5.41, 5.74) is 0.968. The molecule has 2 aliphatic heterocycles.